The number of hydrogen-bond acceptors (Lipinski definition) is 1. The fraction of sp³-hybridized carbons (Fsp3) is 0.600. The van der Waals surface area contributed by atoms with Gasteiger partial charge in [0.15, 0.2) is 0 Å². The zero-order chi connectivity index (χ0) is 22.7. The minimum atomic E-state index is -1.29. The van der Waals surface area contributed by atoms with Crippen molar-refractivity contribution in [2.24, 2.45) is 0 Å². The van der Waals surface area contributed by atoms with Gasteiger partial charge in [-0.2, -0.15) is 5.56 Å². The van der Waals surface area contributed by atoms with E-state index in [4.69, 9.17) is 0 Å². The van der Waals surface area contributed by atoms with Gasteiger partial charge in [-0.05, 0) is 15.8 Å². The summed E-state index contributed by atoms with van der Waals surface area (Å²) in [5.41, 5.74) is 2.77. The van der Waals surface area contributed by atoms with E-state index in [1.807, 2.05) is 0 Å². The predicted molar refractivity (Wildman–Crippen MR) is 145 cm³/mol. The summed E-state index contributed by atoms with van der Waals surface area (Å²) in [4.78, 5) is 0. The van der Waals surface area contributed by atoms with Crippen LogP contribution < -0.4 is 0 Å². The van der Waals surface area contributed by atoms with Crippen LogP contribution in [0.2, 0.25) is 39.3 Å². The van der Waals surface area contributed by atoms with Crippen LogP contribution in [0.4, 0.5) is 0 Å². The summed E-state index contributed by atoms with van der Waals surface area (Å²) in [6.45, 7) is 28.8. The standard InChI is InChI=1S/C14H23BNSi2.2C3H9P.ClH.Pt/c1-17(2,3)16(18(4,5)6)15-12-14(15)13-10-8-7-9-11-13;2*1-4(2)3;;/h7-11H,1-6H3;2*1-3H3;1H;/q-1;;;;+2/p+1. The van der Waals surface area contributed by atoms with Crippen LogP contribution in [0.5, 0.6) is 0 Å². The summed E-state index contributed by atoms with van der Waals surface area (Å²) in [6, 6.07) is 10.7. The molecule has 1 aromatic rings. The van der Waals surface area contributed by atoms with Crippen LogP contribution >= 0.6 is 25.3 Å². The molecule has 1 aliphatic heterocycles. The van der Waals surface area contributed by atoms with Crippen molar-refractivity contribution in [3.63, 3.8) is 0 Å². The Labute approximate surface area is 197 Å². The molecule has 0 radical (unpaired) electrons. The molecule has 8 heteroatoms. The third-order valence-corrected chi connectivity index (χ3v) is 10.7. The van der Waals surface area contributed by atoms with Gasteiger partial charge in [0.1, 0.15) is 23.3 Å². The predicted octanol–water partition coefficient (Wildman–Crippen LogP) is 6.80. The van der Waals surface area contributed by atoms with Gasteiger partial charge < -0.3 is 4.14 Å². The summed E-state index contributed by atoms with van der Waals surface area (Å²) in [5, 5.41) is 0. The van der Waals surface area contributed by atoms with Gasteiger partial charge in [-0.25, -0.2) is 0 Å². The number of halogens is 1. The fourth-order valence-corrected chi connectivity index (χ4v) is 12.9. The molecule has 0 N–H and O–H groups in total. The molecular weight excluding hydrogens is 614 g/mol. The second kappa shape index (κ2) is 15.1. The average Bonchev–Trinajstić information content (AvgIpc) is 3.26. The van der Waals surface area contributed by atoms with Crippen molar-refractivity contribution in [3.8, 4) is 0 Å². The van der Waals surface area contributed by atoms with E-state index in [-0.39, 0.29) is 15.8 Å². The molecule has 1 aromatic carbocycles. The van der Waals surface area contributed by atoms with Gasteiger partial charge >= 0.3 is 28.2 Å². The molecule has 0 saturated carbocycles. The first kappa shape index (κ1) is 31.4. The van der Waals surface area contributed by atoms with E-state index >= 15 is 0 Å². The molecule has 164 valence electrons. The van der Waals surface area contributed by atoms with Crippen LogP contribution in [-0.4, -0.2) is 67.4 Å². The van der Waals surface area contributed by atoms with Crippen molar-refractivity contribution >= 4 is 54.1 Å². The number of benzene rings is 1. The van der Waals surface area contributed by atoms with Gasteiger partial charge in [0, 0.05) is 40.0 Å². The molecular formula is C20H43BClNP2PtSi2+2. The molecule has 1 nitrogen and oxygen atoms in total. The average molecular weight is 657 g/mol. The van der Waals surface area contributed by atoms with Gasteiger partial charge in [-0.1, -0.05) is 57.5 Å². The Bertz CT molecular complexity index is 536. The van der Waals surface area contributed by atoms with Crippen molar-refractivity contribution in [2.75, 3.05) is 40.0 Å². The minimum absolute atomic E-state index is 0.120. The Morgan fingerprint density at radius 2 is 1.11 bits per heavy atom. The van der Waals surface area contributed by atoms with E-state index < -0.39 is 16.5 Å². The SMILES string of the molecule is C[PH+](C)C.C[PH+](C)C.C[Si](C)(C)N(B1[C-]=C1c1ccccc1)[Si](C)(C)C.[Cl][Pt+]. The number of nitrogens with zero attached hydrogens (tertiary/aromatic N) is 1. The van der Waals surface area contributed by atoms with Crippen LogP contribution in [0.3, 0.4) is 0 Å². The molecule has 0 unspecified atom stereocenters. The Kier molecular flexibility index (Phi) is 17.0. The number of hydrogen-bond donors (Lipinski definition) is 0. The molecule has 0 bridgehead atoms. The van der Waals surface area contributed by atoms with Gasteiger partial charge in [-0.15, -0.1) is 12.1 Å². The molecule has 28 heavy (non-hydrogen) atoms. The Morgan fingerprint density at radius 1 is 0.786 bits per heavy atom. The summed E-state index contributed by atoms with van der Waals surface area (Å²) >= 11 is 1.61. The topological polar surface area (TPSA) is 3.24 Å². The summed E-state index contributed by atoms with van der Waals surface area (Å²) in [5.74, 6) is 3.61. The maximum absolute atomic E-state index is 4.61. The van der Waals surface area contributed by atoms with Crippen LogP contribution in [0.25, 0.3) is 5.47 Å². The molecule has 1 aliphatic rings. The first-order chi connectivity index (χ1) is 12.7. The van der Waals surface area contributed by atoms with Crippen LogP contribution in [0.15, 0.2) is 30.3 Å². The van der Waals surface area contributed by atoms with Crippen LogP contribution in [-0.2, 0) is 18.8 Å². The molecule has 0 aliphatic carbocycles. The van der Waals surface area contributed by atoms with Crippen molar-refractivity contribution in [2.45, 2.75) is 39.3 Å². The Hall–Kier alpha value is 1.26. The van der Waals surface area contributed by atoms with E-state index in [2.05, 4.69) is 129 Å². The van der Waals surface area contributed by atoms with E-state index in [1.165, 1.54) is 11.0 Å². The third kappa shape index (κ3) is 15.1. The first-order valence-electron chi connectivity index (χ1n) is 9.81. The van der Waals surface area contributed by atoms with Gasteiger partial charge in [-0.3, -0.25) is 11.4 Å². The third-order valence-electron chi connectivity index (χ3n) is 3.27. The molecule has 2 rings (SSSR count). The zero-order valence-corrected chi connectivity index (χ0v) is 27.1. The number of rotatable bonds is 4. The maximum atomic E-state index is 4.61. The van der Waals surface area contributed by atoms with E-state index in [1.54, 1.807) is 18.8 Å². The molecule has 1 heterocycles. The van der Waals surface area contributed by atoms with Crippen molar-refractivity contribution < 1.29 is 18.8 Å². The van der Waals surface area contributed by atoms with E-state index in [0.29, 0.717) is 6.85 Å². The second-order valence-electron chi connectivity index (χ2n) is 10.0. The monoisotopic (exact) mass is 656 g/mol. The Balaban J connectivity index is 0. The van der Waals surface area contributed by atoms with Crippen molar-refractivity contribution in [1.82, 2.24) is 4.14 Å². The quantitative estimate of drug-likeness (QED) is 0.196. The zero-order valence-electron chi connectivity index (χ0n) is 20.1. The summed E-state index contributed by atoms with van der Waals surface area (Å²) in [6.07, 6.45) is 0. The van der Waals surface area contributed by atoms with Gasteiger partial charge in [0.25, 0.3) is 0 Å². The molecule has 0 spiro atoms. The molecule has 0 fully saturated rings. The fourth-order valence-electron chi connectivity index (χ4n) is 2.94. The van der Waals surface area contributed by atoms with Crippen molar-refractivity contribution in [1.29, 1.82) is 0 Å². The normalized spacial score (nSPS) is 13.1. The Morgan fingerprint density at radius 3 is 1.39 bits per heavy atom. The van der Waals surface area contributed by atoms with E-state index in [9.17, 15) is 0 Å². The van der Waals surface area contributed by atoms with Gasteiger partial charge in [0.2, 0.25) is 0 Å². The van der Waals surface area contributed by atoms with Gasteiger partial charge in [0.05, 0.1) is 0 Å². The molecule has 0 saturated heterocycles. The summed E-state index contributed by atoms with van der Waals surface area (Å²) < 4.78 is 2.82. The summed E-state index contributed by atoms with van der Waals surface area (Å²) in [7, 11) is 2.28. The molecule has 0 aromatic heterocycles. The molecule has 0 atom stereocenters. The van der Waals surface area contributed by atoms with Crippen LogP contribution in [0.1, 0.15) is 5.56 Å². The second-order valence-corrected chi connectivity index (χ2v) is 26.1. The molecule has 0 amide bonds. The first-order valence-corrected chi connectivity index (χ1v) is 25.5. The van der Waals surface area contributed by atoms with E-state index in [0.717, 1.165) is 0 Å². The van der Waals surface area contributed by atoms with Crippen molar-refractivity contribution in [3.05, 3.63) is 41.9 Å². The van der Waals surface area contributed by atoms with Crippen LogP contribution in [0, 0.1) is 5.98 Å².